The Labute approximate surface area is 212 Å². The molecule has 2 N–H and O–H groups in total. The first-order valence-electron chi connectivity index (χ1n) is 11.3. The normalized spacial score (nSPS) is 25.1. The molecular formula is C25H24Cl2N4O4. The molecule has 2 aromatic carbocycles. The van der Waals surface area contributed by atoms with E-state index >= 15 is 0 Å². The number of likely N-dealkylation sites (tertiary alicyclic amines) is 1. The lowest BCUT2D eigenvalue weighted by atomic mass is 9.89. The van der Waals surface area contributed by atoms with Crippen LogP contribution in [-0.4, -0.2) is 63.6 Å². The van der Waals surface area contributed by atoms with E-state index in [9.17, 15) is 19.2 Å². The van der Waals surface area contributed by atoms with Crippen LogP contribution in [0, 0.1) is 0 Å². The number of hydrogen-bond acceptors (Lipinski definition) is 4. The summed E-state index contributed by atoms with van der Waals surface area (Å²) >= 11 is 12.7. The van der Waals surface area contributed by atoms with Crippen LogP contribution in [-0.2, 0) is 27.2 Å². The van der Waals surface area contributed by atoms with Crippen molar-refractivity contribution in [2.45, 2.75) is 35.1 Å². The fourth-order valence-corrected chi connectivity index (χ4v) is 5.89. The number of hydrogen-bond donors (Lipinski definition) is 2. The number of nitrogens with one attached hydrogen (secondary N) is 2. The molecule has 0 bridgehead atoms. The maximum atomic E-state index is 12.9. The topological polar surface area (TPSA) is 98.8 Å². The van der Waals surface area contributed by atoms with Crippen molar-refractivity contribution >= 4 is 52.6 Å². The summed E-state index contributed by atoms with van der Waals surface area (Å²) in [5.74, 6) is -1.27. The van der Waals surface area contributed by atoms with Crippen LogP contribution in [0.2, 0.25) is 0 Å². The van der Waals surface area contributed by atoms with Gasteiger partial charge in [0.15, 0.2) is 4.33 Å². The van der Waals surface area contributed by atoms with Crippen molar-refractivity contribution < 1.29 is 19.2 Å². The number of carbonyl (C=O) groups is 4. The Morgan fingerprint density at radius 1 is 1.09 bits per heavy atom. The molecule has 2 aromatic rings. The molecule has 5 amide bonds. The van der Waals surface area contributed by atoms with Crippen molar-refractivity contribution in [3.8, 4) is 0 Å². The van der Waals surface area contributed by atoms with E-state index in [1.54, 1.807) is 13.1 Å². The van der Waals surface area contributed by atoms with Gasteiger partial charge in [0.25, 0.3) is 11.8 Å². The first kappa shape index (κ1) is 23.6. The van der Waals surface area contributed by atoms with Gasteiger partial charge in [-0.1, -0.05) is 59.6 Å². The molecule has 2 aliphatic heterocycles. The molecule has 2 heterocycles. The highest BCUT2D eigenvalue weighted by atomic mass is 35.5. The Morgan fingerprint density at radius 3 is 2.49 bits per heavy atom. The zero-order chi connectivity index (χ0) is 25.0. The summed E-state index contributed by atoms with van der Waals surface area (Å²) in [6, 6.07) is 14.6. The lowest BCUT2D eigenvalue weighted by molar-refractivity contribution is -0.137. The first-order chi connectivity index (χ1) is 16.6. The van der Waals surface area contributed by atoms with E-state index in [4.69, 9.17) is 23.2 Å². The molecule has 182 valence electrons. The molecule has 8 nitrogen and oxygen atoms in total. The van der Waals surface area contributed by atoms with Gasteiger partial charge in [-0.2, -0.15) is 0 Å². The second-order valence-electron chi connectivity index (χ2n) is 9.44. The third kappa shape index (κ3) is 4.15. The molecule has 1 spiro atoms. The number of carbonyl (C=O) groups excluding carboxylic acids is 4. The summed E-state index contributed by atoms with van der Waals surface area (Å²) in [6.45, 7) is 0.143. The number of likely N-dealkylation sites (N-methyl/N-ethyl adjacent to an activating group) is 1. The maximum absolute atomic E-state index is 12.9. The average Bonchev–Trinajstić information content (AvgIpc) is 3.30. The minimum atomic E-state index is -1.60. The van der Waals surface area contributed by atoms with Crippen molar-refractivity contribution in [2.75, 3.05) is 25.5 Å². The molecule has 0 unspecified atom stereocenters. The molecule has 0 radical (unpaired) electrons. The van der Waals surface area contributed by atoms with Gasteiger partial charge in [0.05, 0.1) is 6.54 Å². The highest BCUT2D eigenvalue weighted by Crippen LogP contribution is 2.41. The van der Waals surface area contributed by atoms with Crippen LogP contribution < -0.4 is 10.6 Å². The van der Waals surface area contributed by atoms with Crippen molar-refractivity contribution in [3.63, 3.8) is 0 Å². The molecule has 35 heavy (non-hydrogen) atoms. The number of piperidine rings is 1. The summed E-state index contributed by atoms with van der Waals surface area (Å²) in [5, 5.41) is 5.20. The van der Waals surface area contributed by atoms with Crippen LogP contribution in [0.25, 0.3) is 0 Å². The smallest absolute Gasteiger partial charge is 0.324 e. The maximum Gasteiger partial charge on any atom is 0.324 e. The average molecular weight is 515 g/mol. The van der Waals surface area contributed by atoms with Crippen LogP contribution in [0.3, 0.4) is 0 Å². The highest BCUT2D eigenvalue weighted by Gasteiger charge is 2.54. The van der Waals surface area contributed by atoms with E-state index in [0.29, 0.717) is 25.1 Å². The molecule has 0 saturated carbocycles. The zero-order valence-corrected chi connectivity index (χ0v) is 20.5. The Balaban J connectivity index is 1.28. The van der Waals surface area contributed by atoms with Gasteiger partial charge in [0.2, 0.25) is 5.91 Å². The van der Waals surface area contributed by atoms with Gasteiger partial charge in [-0.05, 0) is 35.2 Å². The van der Waals surface area contributed by atoms with E-state index < -0.39 is 21.8 Å². The third-order valence-electron chi connectivity index (χ3n) is 7.19. The fourth-order valence-electron chi connectivity index (χ4n) is 5.28. The molecular weight excluding hydrogens is 491 g/mol. The quantitative estimate of drug-likeness (QED) is 0.484. The lowest BCUT2D eigenvalue weighted by Gasteiger charge is -2.38. The van der Waals surface area contributed by atoms with Gasteiger partial charge >= 0.3 is 6.03 Å². The van der Waals surface area contributed by atoms with Gasteiger partial charge in [0, 0.05) is 38.0 Å². The van der Waals surface area contributed by atoms with Crippen LogP contribution in [0.5, 0.6) is 0 Å². The lowest BCUT2D eigenvalue weighted by Crippen LogP contribution is -2.52. The van der Waals surface area contributed by atoms with E-state index in [0.717, 1.165) is 16.7 Å². The number of benzene rings is 2. The third-order valence-corrected chi connectivity index (χ3v) is 7.83. The largest absolute Gasteiger partial charge is 0.330 e. The molecule has 1 aliphatic carbocycles. The number of nitrogens with zero attached hydrogens (tertiary/aromatic N) is 2. The van der Waals surface area contributed by atoms with Crippen molar-refractivity contribution in [3.05, 3.63) is 65.2 Å². The van der Waals surface area contributed by atoms with Crippen LogP contribution in [0.1, 0.15) is 29.0 Å². The number of rotatable bonds is 4. The number of fused-ring (bicyclic) bond motifs is 1. The monoisotopic (exact) mass is 514 g/mol. The Hall–Kier alpha value is -3.10. The minimum absolute atomic E-state index is 0.0925. The minimum Gasteiger partial charge on any atom is -0.330 e. The number of halogens is 2. The fraction of sp³-hybridized carbons (Fsp3) is 0.360. The molecule has 2 atom stereocenters. The van der Waals surface area contributed by atoms with Crippen molar-refractivity contribution in [2.24, 2.45) is 0 Å². The van der Waals surface area contributed by atoms with Crippen LogP contribution in [0.4, 0.5) is 10.5 Å². The Kier molecular flexibility index (Phi) is 5.76. The van der Waals surface area contributed by atoms with E-state index in [1.807, 2.05) is 42.5 Å². The predicted octanol–water partition coefficient (Wildman–Crippen LogP) is 2.83. The van der Waals surface area contributed by atoms with E-state index in [1.165, 1.54) is 9.80 Å². The molecule has 2 saturated heterocycles. The predicted molar refractivity (Wildman–Crippen MR) is 131 cm³/mol. The number of amides is 5. The molecule has 3 aliphatic rings. The van der Waals surface area contributed by atoms with E-state index in [-0.39, 0.29) is 30.7 Å². The summed E-state index contributed by atoms with van der Waals surface area (Å²) in [6.07, 6.45) is 1.06. The molecule has 10 heteroatoms. The Bertz CT molecular complexity index is 1240. The first-order valence-corrected chi connectivity index (χ1v) is 12.1. The van der Waals surface area contributed by atoms with Gasteiger partial charge in [-0.25, -0.2) is 4.79 Å². The second kappa shape index (κ2) is 8.53. The molecule has 2 fully saturated rings. The van der Waals surface area contributed by atoms with Crippen LogP contribution >= 0.6 is 23.2 Å². The summed E-state index contributed by atoms with van der Waals surface area (Å²) in [4.78, 5) is 53.0. The zero-order valence-electron chi connectivity index (χ0n) is 19.0. The number of alkyl halides is 2. The van der Waals surface area contributed by atoms with Gasteiger partial charge < -0.3 is 15.1 Å². The van der Waals surface area contributed by atoms with E-state index in [2.05, 4.69) is 10.6 Å². The summed E-state index contributed by atoms with van der Waals surface area (Å²) < 4.78 is -1.60. The highest BCUT2D eigenvalue weighted by molar-refractivity contribution is 6.58. The summed E-state index contributed by atoms with van der Waals surface area (Å²) in [5.41, 5.74) is 2.45. The van der Waals surface area contributed by atoms with Crippen molar-refractivity contribution in [1.82, 2.24) is 15.1 Å². The number of anilines is 1. The van der Waals surface area contributed by atoms with Crippen molar-refractivity contribution in [1.29, 1.82) is 0 Å². The summed E-state index contributed by atoms with van der Waals surface area (Å²) in [7, 11) is 1.61. The molecule has 0 aromatic heterocycles. The van der Waals surface area contributed by atoms with Gasteiger partial charge in [-0.3, -0.25) is 19.7 Å². The number of imide groups is 1. The van der Waals surface area contributed by atoms with Gasteiger partial charge in [-0.15, -0.1) is 0 Å². The van der Waals surface area contributed by atoms with Gasteiger partial charge in [0.1, 0.15) is 5.54 Å². The van der Waals surface area contributed by atoms with Crippen LogP contribution in [0.15, 0.2) is 48.5 Å². The standard InChI is InChI=1S/C25H24Cl2N4O4/c1-30-23(35)29-21(33)24(30)10-16-7-8-19(9-17(16)11-24)28-20(32)14-31-13-18(12-25(26,27)22(31)34)15-5-3-2-4-6-15/h2-9,18H,10-14H2,1H3,(H,28,32)(H,29,33,35)/t18-,24-/m0/s1. The Morgan fingerprint density at radius 2 is 1.80 bits per heavy atom. The SMILES string of the molecule is CN1C(=O)NC(=O)[C@@]12Cc1ccc(NC(=O)CN3C[C@@H](c4ccccc4)CC(Cl)(Cl)C3=O)cc1C2. The second-order valence-corrected chi connectivity index (χ2v) is 10.9. The molecule has 5 rings (SSSR count). The number of urea groups is 1.